The monoisotopic (exact) mass is 514 g/mol. The molecule has 3 amide bonds. The van der Waals surface area contributed by atoms with Gasteiger partial charge in [-0.25, -0.2) is 18.9 Å². The molecule has 1 aliphatic rings. The van der Waals surface area contributed by atoms with Gasteiger partial charge in [-0.05, 0) is 64.7 Å². The Kier molecular flexibility index (Phi) is 8.67. The third-order valence-corrected chi connectivity index (χ3v) is 5.97. The molecule has 0 aromatic carbocycles. The molecule has 11 heteroatoms. The van der Waals surface area contributed by atoms with Gasteiger partial charge in [-0.15, -0.1) is 0 Å². The van der Waals surface area contributed by atoms with Gasteiger partial charge in [-0.1, -0.05) is 19.1 Å². The zero-order valence-electron chi connectivity index (χ0n) is 22.0. The molecule has 0 spiro atoms. The summed E-state index contributed by atoms with van der Waals surface area (Å²) in [6.45, 7) is 9.62. The summed E-state index contributed by atoms with van der Waals surface area (Å²) in [5, 5.41) is 9.76. The van der Waals surface area contributed by atoms with Crippen molar-refractivity contribution in [1.29, 1.82) is 0 Å². The number of carbonyl (C=O) groups is 3. The van der Waals surface area contributed by atoms with Crippen LogP contribution < -0.4 is 10.6 Å². The van der Waals surface area contributed by atoms with Crippen molar-refractivity contribution in [2.75, 3.05) is 13.1 Å². The summed E-state index contributed by atoms with van der Waals surface area (Å²) in [5.41, 5.74) is -1.10. The van der Waals surface area contributed by atoms with E-state index in [-0.39, 0.29) is 37.7 Å². The third-order valence-electron chi connectivity index (χ3n) is 5.97. The van der Waals surface area contributed by atoms with Crippen LogP contribution in [0.25, 0.3) is 5.82 Å². The van der Waals surface area contributed by atoms with Crippen molar-refractivity contribution in [2.24, 2.45) is 0 Å². The molecule has 200 valence electrons. The highest BCUT2D eigenvalue weighted by molar-refractivity contribution is 5.95. The number of ether oxygens (including phenoxy) is 1. The highest BCUT2D eigenvalue weighted by Crippen LogP contribution is 2.26. The Hall–Kier alpha value is -3.76. The molecule has 0 aliphatic carbocycles. The van der Waals surface area contributed by atoms with Gasteiger partial charge in [-0.2, -0.15) is 5.10 Å². The first-order chi connectivity index (χ1) is 17.4. The first-order valence-electron chi connectivity index (χ1n) is 12.4. The maximum Gasteiger partial charge on any atom is 0.410 e. The van der Waals surface area contributed by atoms with Gasteiger partial charge in [0.05, 0.1) is 18.4 Å². The van der Waals surface area contributed by atoms with Crippen LogP contribution in [0.5, 0.6) is 0 Å². The molecule has 0 radical (unpaired) electrons. The third kappa shape index (κ3) is 7.37. The lowest BCUT2D eigenvalue weighted by Gasteiger charge is -2.41. The van der Waals surface area contributed by atoms with Crippen molar-refractivity contribution in [3.05, 3.63) is 54.3 Å². The smallest absolute Gasteiger partial charge is 0.410 e. The molecule has 2 aromatic rings. The van der Waals surface area contributed by atoms with Gasteiger partial charge in [0.25, 0.3) is 0 Å². The van der Waals surface area contributed by atoms with Gasteiger partial charge in [0.15, 0.2) is 11.6 Å². The van der Waals surface area contributed by atoms with E-state index >= 15 is 0 Å². The molecule has 1 aliphatic heterocycles. The average Bonchev–Trinajstić information content (AvgIpc) is 3.28. The van der Waals surface area contributed by atoms with Crippen molar-refractivity contribution < 1.29 is 23.5 Å². The number of pyridine rings is 1. The van der Waals surface area contributed by atoms with Crippen LogP contribution in [0.3, 0.4) is 0 Å². The Bertz CT molecular complexity index is 1130. The highest BCUT2D eigenvalue weighted by Gasteiger charge is 2.44. The topological polar surface area (TPSA) is 118 Å². The van der Waals surface area contributed by atoms with Gasteiger partial charge >= 0.3 is 6.09 Å². The number of aromatic nitrogens is 3. The SMILES string of the molecule is CCC=CC(=O)NC1(C(=O)NC(C)c2ccc(-n3cc(F)cn3)nc2)CCN(C(=O)OC(C)(C)C)CC1. The van der Waals surface area contributed by atoms with E-state index in [1.54, 1.807) is 50.1 Å². The molecular formula is C26H35FN6O4. The number of carbonyl (C=O) groups excluding carboxylic acids is 3. The number of hydrogen-bond acceptors (Lipinski definition) is 6. The summed E-state index contributed by atoms with van der Waals surface area (Å²) >= 11 is 0. The van der Waals surface area contributed by atoms with E-state index in [0.29, 0.717) is 12.2 Å². The fraction of sp³-hybridized carbons (Fsp3) is 0.500. The zero-order valence-corrected chi connectivity index (χ0v) is 22.0. The molecule has 37 heavy (non-hydrogen) atoms. The fourth-order valence-corrected chi connectivity index (χ4v) is 3.94. The van der Waals surface area contributed by atoms with Crippen LogP contribution >= 0.6 is 0 Å². The summed E-state index contributed by atoms with van der Waals surface area (Å²) in [5.74, 6) is -0.745. The van der Waals surface area contributed by atoms with E-state index < -0.39 is 29.1 Å². The van der Waals surface area contributed by atoms with Crippen LogP contribution in [0.2, 0.25) is 0 Å². The van der Waals surface area contributed by atoms with Gasteiger partial charge in [0, 0.05) is 19.3 Å². The minimum Gasteiger partial charge on any atom is -0.444 e. The molecule has 3 heterocycles. The number of hydrogen-bond donors (Lipinski definition) is 2. The first kappa shape index (κ1) is 27.8. The van der Waals surface area contributed by atoms with E-state index in [2.05, 4.69) is 20.7 Å². The van der Waals surface area contributed by atoms with Crippen LogP contribution in [0.4, 0.5) is 9.18 Å². The lowest BCUT2D eigenvalue weighted by atomic mass is 9.85. The number of nitrogens with zero attached hydrogens (tertiary/aromatic N) is 4. The lowest BCUT2D eigenvalue weighted by molar-refractivity contribution is -0.134. The summed E-state index contributed by atoms with van der Waals surface area (Å²) in [7, 11) is 0. The van der Waals surface area contributed by atoms with Gasteiger partial charge in [-0.3, -0.25) is 9.59 Å². The van der Waals surface area contributed by atoms with Crippen LogP contribution in [0, 0.1) is 5.82 Å². The number of amides is 3. The van der Waals surface area contributed by atoms with Gasteiger partial charge < -0.3 is 20.3 Å². The molecule has 3 rings (SSSR count). The number of piperidine rings is 1. The van der Waals surface area contributed by atoms with E-state index in [4.69, 9.17) is 4.74 Å². The molecule has 2 aromatic heterocycles. The van der Waals surface area contributed by atoms with Gasteiger partial charge in [0.2, 0.25) is 11.8 Å². The van der Waals surface area contributed by atoms with Crippen molar-refractivity contribution in [2.45, 2.75) is 71.1 Å². The Morgan fingerprint density at radius 3 is 2.46 bits per heavy atom. The van der Waals surface area contributed by atoms with E-state index in [1.807, 2.05) is 13.8 Å². The quantitative estimate of drug-likeness (QED) is 0.547. The van der Waals surface area contributed by atoms with E-state index in [0.717, 1.165) is 11.8 Å². The normalized spacial score (nSPS) is 16.3. The van der Waals surface area contributed by atoms with Crippen LogP contribution in [0.15, 0.2) is 42.9 Å². The molecule has 1 unspecified atom stereocenters. The van der Waals surface area contributed by atoms with Crippen molar-refractivity contribution in [3.63, 3.8) is 0 Å². The van der Waals surface area contributed by atoms with Crippen molar-refractivity contribution in [1.82, 2.24) is 30.3 Å². The van der Waals surface area contributed by atoms with Crippen molar-refractivity contribution in [3.8, 4) is 5.82 Å². The van der Waals surface area contributed by atoms with E-state index in [9.17, 15) is 18.8 Å². The van der Waals surface area contributed by atoms with Crippen molar-refractivity contribution >= 4 is 17.9 Å². The van der Waals surface area contributed by atoms with Crippen LogP contribution in [-0.2, 0) is 14.3 Å². The predicted octanol–water partition coefficient (Wildman–Crippen LogP) is 3.44. The fourth-order valence-electron chi connectivity index (χ4n) is 3.94. The summed E-state index contributed by atoms with van der Waals surface area (Å²) in [6.07, 6.45) is 7.74. The molecule has 1 saturated heterocycles. The summed E-state index contributed by atoms with van der Waals surface area (Å²) < 4.78 is 20.0. The molecule has 0 bridgehead atoms. The molecule has 1 atom stereocenters. The second-order valence-electron chi connectivity index (χ2n) is 10.1. The van der Waals surface area contributed by atoms with Gasteiger partial charge in [0.1, 0.15) is 11.1 Å². The molecular weight excluding hydrogens is 479 g/mol. The number of allylic oxidation sites excluding steroid dienone is 1. The first-order valence-corrected chi connectivity index (χ1v) is 12.4. The zero-order chi connectivity index (χ0) is 27.2. The largest absolute Gasteiger partial charge is 0.444 e. The lowest BCUT2D eigenvalue weighted by Crippen LogP contribution is -2.63. The number of nitrogens with one attached hydrogen (secondary N) is 2. The maximum absolute atomic E-state index is 13.5. The molecule has 0 saturated carbocycles. The summed E-state index contributed by atoms with van der Waals surface area (Å²) in [4.78, 5) is 44.5. The van der Waals surface area contributed by atoms with E-state index in [1.165, 1.54) is 17.0 Å². The Morgan fingerprint density at radius 2 is 1.92 bits per heavy atom. The number of rotatable bonds is 7. The summed E-state index contributed by atoms with van der Waals surface area (Å²) in [6, 6.07) is 3.02. The standard InChI is InChI=1S/C26H35FN6O4/c1-6-7-8-22(34)31-26(11-13-32(14-12-26)24(36)37-25(3,4)5)23(35)30-18(2)19-9-10-21(28-15-19)33-17-20(27)16-29-33/h7-10,15-18H,6,11-14H2,1-5H3,(H,30,35)(H,31,34). The Morgan fingerprint density at radius 1 is 1.22 bits per heavy atom. The maximum atomic E-state index is 13.5. The molecule has 10 nitrogen and oxygen atoms in total. The predicted molar refractivity (Wildman–Crippen MR) is 135 cm³/mol. The van der Waals surface area contributed by atoms with Crippen LogP contribution in [-0.4, -0.2) is 61.8 Å². The number of likely N-dealkylation sites (tertiary alicyclic amines) is 1. The highest BCUT2D eigenvalue weighted by atomic mass is 19.1. The Balaban J connectivity index is 1.72. The minimum absolute atomic E-state index is 0.235. The minimum atomic E-state index is -1.19. The molecule has 1 fully saturated rings. The second kappa shape index (κ2) is 11.5. The Labute approximate surface area is 216 Å². The molecule has 2 N–H and O–H groups in total. The second-order valence-corrected chi connectivity index (χ2v) is 10.1. The number of halogens is 1. The van der Waals surface area contributed by atoms with Crippen LogP contribution in [0.1, 0.15) is 65.5 Å². The average molecular weight is 515 g/mol.